The van der Waals surface area contributed by atoms with Crippen molar-refractivity contribution in [2.45, 2.75) is 51.6 Å². The van der Waals surface area contributed by atoms with Crippen LogP contribution in [0.5, 0.6) is 0 Å². The Bertz CT molecular complexity index is 534. The van der Waals surface area contributed by atoms with Crippen LogP contribution in [-0.2, 0) is 10.2 Å². The average Bonchev–Trinajstić information content (AvgIpc) is 2.95. The van der Waals surface area contributed by atoms with E-state index >= 15 is 0 Å². The second-order valence-corrected chi connectivity index (χ2v) is 7.43. The molecule has 5 heteroatoms. The van der Waals surface area contributed by atoms with E-state index in [0.717, 1.165) is 38.5 Å². The van der Waals surface area contributed by atoms with E-state index in [1.165, 1.54) is 11.1 Å². The number of halogens is 1. The van der Waals surface area contributed by atoms with Crippen molar-refractivity contribution in [2.75, 3.05) is 26.7 Å². The smallest absolute Gasteiger partial charge is 0.191 e. The van der Waals surface area contributed by atoms with E-state index in [2.05, 4.69) is 67.6 Å². The van der Waals surface area contributed by atoms with Crippen molar-refractivity contribution in [2.24, 2.45) is 4.99 Å². The summed E-state index contributed by atoms with van der Waals surface area (Å²) in [7, 11) is 1.81. The van der Waals surface area contributed by atoms with Gasteiger partial charge in [0, 0.05) is 32.2 Å². The molecule has 4 nitrogen and oxygen atoms in total. The topological polar surface area (TPSA) is 45.7 Å². The molecular weight excluding hydrogens is 413 g/mol. The van der Waals surface area contributed by atoms with Gasteiger partial charge in [-0.15, -0.1) is 24.0 Å². The van der Waals surface area contributed by atoms with E-state index in [1.54, 1.807) is 0 Å². The molecule has 2 N–H and O–H groups in total. The first-order chi connectivity index (χ1) is 10.8. The van der Waals surface area contributed by atoms with Crippen LogP contribution >= 0.6 is 24.0 Å². The molecule has 0 radical (unpaired) electrons. The molecule has 1 heterocycles. The van der Waals surface area contributed by atoms with Gasteiger partial charge in [0.15, 0.2) is 5.96 Å². The van der Waals surface area contributed by atoms with Crippen LogP contribution in [0, 0.1) is 6.92 Å². The van der Waals surface area contributed by atoms with Crippen molar-refractivity contribution in [3.63, 3.8) is 0 Å². The number of nitrogens with one attached hydrogen (secondary N) is 2. The Kier molecular flexibility index (Phi) is 7.99. The van der Waals surface area contributed by atoms with Gasteiger partial charge in [-0.1, -0.05) is 43.7 Å². The first-order valence-corrected chi connectivity index (χ1v) is 8.50. The van der Waals surface area contributed by atoms with Gasteiger partial charge in [0.25, 0.3) is 0 Å². The molecular formula is C19H32IN3O. The second kappa shape index (κ2) is 9.04. The molecule has 0 aliphatic carbocycles. The van der Waals surface area contributed by atoms with Gasteiger partial charge in [0.05, 0.1) is 5.60 Å². The lowest BCUT2D eigenvalue weighted by molar-refractivity contribution is 0.0242. The standard InChI is InChI=1S/C19H31N3O.HI/c1-15-7-9-16(10-8-15)18(2,3)13-21-17(20-5)22-14-19(4)11-6-12-23-19;/h7-10H,6,11-14H2,1-5H3,(H2,20,21,22);1H. The predicted molar refractivity (Wildman–Crippen MR) is 113 cm³/mol. The first kappa shape index (κ1) is 21.2. The summed E-state index contributed by atoms with van der Waals surface area (Å²) in [5.74, 6) is 0.835. The van der Waals surface area contributed by atoms with Crippen LogP contribution in [-0.4, -0.2) is 38.3 Å². The Balaban J connectivity index is 0.00000288. The van der Waals surface area contributed by atoms with Crippen LogP contribution in [0.1, 0.15) is 44.7 Å². The number of benzene rings is 1. The van der Waals surface area contributed by atoms with E-state index < -0.39 is 0 Å². The fourth-order valence-electron chi connectivity index (χ4n) is 2.88. The van der Waals surface area contributed by atoms with Crippen molar-refractivity contribution in [1.82, 2.24) is 10.6 Å². The van der Waals surface area contributed by atoms with Crippen LogP contribution < -0.4 is 10.6 Å². The first-order valence-electron chi connectivity index (χ1n) is 8.50. The highest BCUT2D eigenvalue weighted by Crippen LogP contribution is 2.24. The van der Waals surface area contributed by atoms with Gasteiger partial charge in [-0.2, -0.15) is 0 Å². The number of aliphatic imine (C=N–C) groups is 1. The fraction of sp³-hybridized carbons (Fsp3) is 0.632. The van der Waals surface area contributed by atoms with Gasteiger partial charge in [0.1, 0.15) is 0 Å². The van der Waals surface area contributed by atoms with E-state index in [0.29, 0.717) is 0 Å². The third-order valence-electron chi connectivity index (χ3n) is 4.68. The zero-order valence-electron chi connectivity index (χ0n) is 15.6. The average molecular weight is 445 g/mol. The van der Waals surface area contributed by atoms with Crippen LogP contribution in [0.2, 0.25) is 0 Å². The molecule has 136 valence electrons. The molecule has 0 bridgehead atoms. The second-order valence-electron chi connectivity index (χ2n) is 7.43. The molecule has 1 atom stereocenters. The number of ether oxygens (including phenoxy) is 1. The third kappa shape index (κ3) is 5.92. The molecule has 1 saturated heterocycles. The molecule has 2 rings (SSSR count). The zero-order chi connectivity index (χ0) is 16.9. The lowest BCUT2D eigenvalue weighted by Crippen LogP contribution is -2.48. The Morgan fingerprint density at radius 1 is 1.25 bits per heavy atom. The molecule has 1 fully saturated rings. The van der Waals surface area contributed by atoms with Gasteiger partial charge in [0.2, 0.25) is 0 Å². The normalized spacial score (nSPS) is 21.3. The Morgan fingerprint density at radius 2 is 1.92 bits per heavy atom. The van der Waals surface area contributed by atoms with E-state index in [-0.39, 0.29) is 35.0 Å². The van der Waals surface area contributed by atoms with Crippen LogP contribution in [0.15, 0.2) is 29.3 Å². The van der Waals surface area contributed by atoms with Crippen molar-refractivity contribution >= 4 is 29.9 Å². The summed E-state index contributed by atoms with van der Waals surface area (Å²) < 4.78 is 5.82. The minimum Gasteiger partial charge on any atom is -0.373 e. The SMILES string of the molecule is CN=C(NCC1(C)CCCO1)NCC(C)(C)c1ccc(C)cc1.I. The van der Waals surface area contributed by atoms with Crippen LogP contribution in [0.4, 0.5) is 0 Å². The molecule has 1 unspecified atom stereocenters. The van der Waals surface area contributed by atoms with Gasteiger partial charge < -0.3 is 15.4 Å². The van der Waals surface area contributed by atoms with Gasteiger partial charge >= 0.3 is 0 Å². The van der Waals surface area contributed by atoms with Gasteiger partial charge in [-0.05, 0) is 32.3 Å². The monoisotopic (exact) mass is 445 g/mol. The maximum absolute atomic E-state index is 5.82. The highest BCUT2D eigenvalue weighted by atomic mass is 127. The van der Waals surface area contributed by atoms with Crippen molar-refractivity contribution < 1.29 is 4.74 Å². The molecule has 0 amide bonds. The number of guanidine groups is 1. The van der Waals surface area contributed by atoms with E-state index in [9.17, 15) is 0 Å². The number of hydrogen-bond acceptors (Lipinski definition) is 2. The molecule has 1 aliphatic rings. The minimum absolute atomic E-state index is 0. The summed E-state index contributed by atoms with van der Waals surface area (Å²) >= 11 is 0. The number of aryl methyl sites for hydroxylation is 1. The fourth-order valence-corrected chi connectivity index (χ4v) is 2.88. The van der Waals surface area contributed by atoms with E-state index in [1.807, 2.05) is 7.05 Å². The minimum atomic E-state index is -0.0654. The third-order valence-corrected chi connectivity index (χ3v) is 4.68. The largest absolute Gasteiger partial charge is 0.373 e. The summed E-state index contributed by atoms with van der Waals surface area (Å²) in [5, 5.41) is 6.85. The highest BCUT2D eigenvalue weighted by molar-refractivity contribution is 14.0. The maximum Gasteiger partial charge on any atom is 0.191 e. The number of hydrogen-bond donors (Lipinski definition) is 2. The summed E-state index contributed by atoms with van der Waals surface area (Å²) in [5.41, 5.74) is 2.60. The van der Waals surface area contributed by atoms with Crippen LogP contribution in [0.3, 0.4) is 0 Å². The Hall–Kier alpha value is -0.820. The van der Waals surface area contributed by atoms with Gasteiger partial charge in [-0.3, -0.25) is 4.99 Å². The Morgan fingerprint density at radius 3 is 2.46 bits per heavy atom. The van der Waals surface area contributed by atoms with E-state index in [4.69, 9.17) is 4.74 Å². The summed E-state index contributed by atoms with van der Waals surface area (Å²) in [6, 6.07) is 8.76. The summed E-state index contributed by atoms with van der Waals surface area (Å²) in [6.45, 7) is 11.3. The number of nitrogens with zero attached hydrogens (tertiary/aromatic N) is 1. The summed E-state index contributed by atoms with van der Waals surface area (Å²) in [6.07, 6.45) is 2.25. The highest BCUT2D eigenvalue weighted by Gasteiger charge is 2.30. The maximum atomic E-state index is 5.82. The summed E-state index contributed by atoms with van der Waals surface area (Å²) in [4.78, 5) is 4.33. The van der Waals surface area contributed by atoms with Crippen molar-refractivity contribution in [1.29, 1.82) is 0 Å². The Labute approximate surface area is 163 Å². The predicted octanol–water partition coefficient (Wildman–Crippen LogP) is 3.62. The van der Waals surface area contributed by atoms with Crippen molar-refractivity contribution in [3.8, 4) is 0 Å². The van der Waals surface area contributed by atoms with Gasteiger partial charge in [-0.25, -0.2) is 0 Å². The molecule has 0 aromatic heterocycles. The molecule has 24 heavy (non-hydrogen) atoms. The molecule has 1 aromatic carbocycles. The lowest BCUT2D eigenvalue weighted by atomic mass is 9.84. The number of rotatable bonds is 5. The molecule has 1 aromatic rings. The van der Waals surface area contributed by atoms with Crippen molar-refractivity contribution in [3.05, 3.63) is 35.4 Å². The zero-order valence-corrected chi connectivity index (χ0v) is 17.9. The van der Waals surface area contributed by atoms with Crippen LogP contribution in [0.25, 0.3) is 0 Å². The lowest BCUT2D eigenvalue weighted by Gasteiger charge is -2.28. The molecule has 0 saturated carbocycles. The quantitative estimate of drug-likeness (QED) is 0.414. The molecule has 0 spiro atoms. The molecule has 1 aliphatic heterocycles.